The van der Waals surface area contributed by atoms with Crippen molar-refractivity contribution in [2.24, 2.45) is 0 Å². The fourth-order valence-electron chi connectivity index (χ4n) is 3.33. The van der Waals surface area contributed by atoms with Gasteiger partial charge in [0.05, 0.1) is 17.9 Å². The van der Waals surface area contributed by atoms with Crippen molar-refractivity contribution in [1.82, 2.24) is 4.90 Å². The molecule has 0 atom stereocenters. The number of carbonyl (C=O) groups excluding carboxylic acids is 2. The zero-order chi connectivity index (χ0) is 17.4. The molecule has 2 aliphatic rings. The third-order valence-electron chi connectivity index (χ3n) is 4.34. The van der Waals surface area contributed by atoms with Gasteiger partial charge in [0.2, 0.25) is 5.91 Å². The van der Waals surface area contributed by atoms with E-state index in [-0.39, 0.29) is 18.4 Å². The molecule has 0 aliphatic carbocycles. The molecule has 5 nitrogen and oxygen atoms in total. The van der Waals surface area contributed by atoms with Gasteiger partial charge < -0.3 is 10.0 Å². The monoisotopic (exact) mass is 324 g/mol. The molecule has 0 saturated heterocycles. The second-order valence-electron chi connectivity index (χ2n) is 5.95. The van der Waals surface area contributed by atoms with Gasteiger partial charge in [-0.2, -0.15) is 0 Å². The minimum atomic E-state index is -0.290. The lowest BCUT2D eigenvalue weighted by Gasteiger charge is -2.29. The molecule has 0 spiro atoms. The molecule has 0 bridgehead atoms. The molecule has 5 heteroatoms. The largest absolute Gasteiger partial charge is 0.395 e. The summed E-state index contributed by atoms with van der Waals surface area (Å²) in [6.07, 6.45) is 3.85. The zero-order valence-corrected chi connectivity index (χ0v) is 14.0. The van der Waals surface area contributed by atoms with Gasteiger partial charge in [0.25, 0.3) is 5.91 Å². The average Bonchev–Trinajstić information content (AvgIpc) is 2.82. The second-order valence-corrected chi connectivity index (χ2v) is 5.95. The van der Waals surface area contributed by atoms with Crippen molar-refractivity contribution in [3.8, 4) is 0 Å². The quantitative estimate of drug-likeness (QED) is 0.849. The third-order valence-corrected chi connectivity index (χ3v) is 4.34. The summed E-state index contributed by atoms with van der Waals surface area (Å²) in [6, 6.07) is 7.34. The number of rotatable bonds is 2. The van der Waals surface area contributed by atoms with E-state index in [1.165, 1.54) is 11.8 Å². The Morgan fingerprint density at radius 2 is 1.75 bits per heavy atom. The van der Waals surface area contributed by atoms with Crippen LogP contribution >= 0.6 is 0 Å². The summed E-state index contributed by atoms with van der Waals surface area (Å²) in [4.78, 5) is 28.0. The number of nitrogens with zero attached hydrogens (tertiary/aromatic N) is 2. The van der Waals surface area contributed by atoms with Crippen molar-refractivity contribution < 1.29 is 14.7 Å². The lowest BCUT2D eigenvalue weighted by Crippen LogP contribution is -2.31. The van der Waals surface area contributed by atoms with Gasteiger partial charge in [0.1, 0.15) is 0 Å². The van der Waals surface area contributed by atoms with Gasteiger partial charge in [-0.1, -0.05) is 18.2 Å². The number of carbonyl (C=O) groups is 2. The predicted molar refractivity (Wildman–Crippen MR) is 92.8 cm³/mol. The van der Waals surface area contributed by atoms with Crippen molar-refractivity contribution in [3.05, 3.63) is 58.9 Å². The topological polar surface area (TPSA) is 60.9 Å². The van der Waals surface area contributed by atoms with Crippen LogP contribution in [0.5, 0.6) is 0 Å². The van der Waals surface area contributed by atoms with Gasteiger partial charge in [-0.3, -0.25) is 9.59 Å². The highest BCUT2D eigenvalue weighted by Gasteiger charge is 2.36. The fourth-order valence-corrected chi connectivity index (χ4v) is 3.33. The molecule has 124 valence electrons. The number of para-hydroxylation sites is 1. The summed E-state index contributed by atoms with van der Waals surface area (Å²) in [5.41, 5.74) is 4.66. The van der Waals surface area contributed by atoms with Gasteiger partial charge in [-0.05, 0) is 37.6 Å². The molecule has 1 N–H and O–H groups in total. The van der Waals surface area contributed by atoms with Crippen molar-refractivity contribution in [2.75, 3.05) is 18.1 Å². The Morgan fingerprint density at radius 3 is 2.33 bits per heavy atom. The van der Waals surface area contributed by atoms with Crippen LogP contribution in [0.25, 0.3) is 5.57 Å². The third kappa shape index (κ3) is 2.47. The summed E-state index contributed by atoms with van der Waals surface area (Å²) >= 11 is 0. The maximum Gasteiger partial charge on any atom is 0.266 e. The number of anilines is 1. The van der Waals surface area contributed by atoms with Crippen LogP contribution in [-0.4, -0.2) is 35.0 Å². The van der Waals surface area contributed by atoms with E-state index >= 15 is 0 Å². The molecule has 2 amide bonds. The standard InChI is InChI=1S/C19H20N2O3/c1-12-10-15(11-13(2)20(12)8-9-22)18-16-6-4-5-7-17(16)21(14(3)23)19(18)24/h4-7,10-11,22H,8-9H2,1-3H3. The summed E-state index contributed by atoms with van der Waals surface area (Å²) in [5, 5.41) is 9.19. The molecular weight excluding hydrogens is 304 g/mol. The number of amides is 2. The van der Waals surface area contributed by atoms with Crippen LogP contribution < -0.4 is 4.90 Å². The number of hydrogen-bond acceptors (Lipinski definition) is 4. The summed E-state index contributed by atoms with van der Waals surface area (Å²) in [6.45, 7) is 5.86. The van der Waals surface area contributed by atoms with E-state index in [1.54, 1.807) is 6.07 Å². The molecule has 0 unspecified atom stereocenters. The van der Waals surface area contributed by atoms with Crippen molar-refractivity contribution >= 4 is 23.1 Å². The van der Waals surface area contributed by atoms with Crippen molar-refractivity contribution in [2.45, 2.75) is 20.8 Å². The first-order valence-electron chi connectivity index (χ1n) is 7.89. The van der Waals surface area contributed by atoms with E-state index in [9.17, 15) is 14.7 Å². The molecule has 0 saturated carbocycles. The number of β-amino-alcohol motifs (C(OH)–C–C–N with tert-alkyl or cyclic N) is 1. The van der Waals surface area contributed by atoms with Crippen LogP contribution in [-0.2, 0) is 9.59 Å². The Balaban J connectivity index is 2.17. The Hall–Kier alpha value is -2.66. The normalized spacial score (nSPS) is 17.1. The molecular formula is C19H20N2O3. The fraction of sp³-hybridized carbons (Fsp3) is 0.263. The zero-order valence-electron chi connectivity index (χ0n) is 14.0. The second kappa shape index (κ2) is 6.09. The highest BCUT2D eigenvalue weighted by Crippen LogP contribution is 2.40. The number of fused-ring (bicyclic) bond motifs is 1. The number of aliphatic hydroxyl groups is 1. The van der Waals surface area contributed by atoms with Crippen LogP contribution in [0.4, 0.5) is 5.69 Å². The first-order chi connectivity index (χ1) is 11.5. The van der Waals surface area contributed by atoms with E-state index in [1.807, 2.05) is 49.1 Å². The molecule has 0 aromatic heterocycles. The van der Waals surface area contributed by atoms with E-state index in [0.717, 1.165) is 22.5 Å². The van der Waals surface area contributed by atoms with Gasteiger partial charge >= 0.3 is 0 Å². The summed E-state index contributed by atoms with van der Waals surface area (Å²) in [5.74, 6) is -0.579. The SMILES string of the molecule is CC(=O)N1C(=O)C(=C2C=C(C)N(CCO)C(C)=C2)c2ccccc21. The first kappa shape index (κ1) is 16.2. The van der Waals surface area contributed by atoms with Gasteiger partial charge in [0.15, 0.2) is 0 Å². The summed E-state index contributed by atoms with van der Waals surface area (Å²) < 4.78 is 0. The smallest absolute Gasteiger partial charge is 0.266 e. The van der Waals surface area contributed by atoms with Crippen LogP contribution in [0.3, 0.4) is 0 Å². The molecule has 2 aliphatic heterocycles. The molecule has 0 fully saturated rings. The minimum absolute atomic E-state index is 0.0577. The summed E-state index contributed by atoms with van der Waals surface area (Å²) in [7, 11) is 0. The maximum atomic E-state index is 12.9. The number of hydrogen-bond donors (Lipinski definition) is 1. The number of imide groups is 1. The molecule has 3 rings (SSSR count). The Bertz CT molecular complexity index is 796. The molecule has 1 aromatic carbocycles. The highest BCUT2D eigenvalue weighted by atomic mass is 16.3. The van der Waals surface area contributed by atoms with E-state index < -0.39 is 0 Å². The predicted octanol–water partition coefficient (Wildman–Crippen LogP) is 2.45. The minimum Gasteiger partial charge on any atom is -0.395 e. The molecule has 24 heavy (non-hydrogen) atoms. The molecule has 0 radical (unpaired) electrons. The van der Waals surface area contributed by atoms with Gasteiger partial charge in [-0.25, -0.2) is 4.90 Å². The number of benzene rings is 1. The molecule has 1 aromatic rings. The van der Waals surface area contributed by atoms with E-state index in [0.29, 0.717) is 17.8 Å². The lowest BCUT2D eigenvalue weighted by molar-refractivity contribution is -0.122. The maximum absolute atomic E-state index is 12.9. The lowest BCUT2D eigenvalue weighted by atomic mass is 9.97. The van der Waals surface area contributed by atoms with Gasteiger partial charge in [0, 0.05) is 30.4 Å². The Kier molecular flexibility index (Phi) is 4.11. The van der Waals surface area contributed by atoms with Crippen LogP contribution in [0.1, 0.15) is 26.3 Å². The number of allylic oxidation sites excluding steroid dienone is 5. The first-order valence-corrected chi connectivity index (χ1v) is 7.89. The van der Waals surface area contributed by atoms with Crippen LogP contribution in [0, 0.1) is 0 Å². The van der Waals surface area contributed by atoms with Crippen LogP contribution in [0.15, 0.2) is 53.4 Å². The molecule has 2 heterocycles. The average molecular weight is 324 g/mol. The van der Waals surface area contributed by atoms with Crippen molar-refractivity contribution in [3.63, 3.8) is 0 Å². The van der Waals surface area contributed by atoms with Crippen molar-refractivity contribution in [1.29, 1.82) is 0 Å². The van der Waals surface area contributed by atoms with Gasteiger partial charge in [-0.15, -0.1) is 0 Å². The van der Waals surface area contributed by atoms with E-state index in [4.69, 9.17) is 0 Å². The van der Waals surface area contributed by atoms with E-state index in [2.05, 4.69) is 0 Å². The number of aliphatic hydroxyl groups excluding tert-OH is 1. The Morgan fingerprint density at radius 1 is 1.12 bits per heavy atom. The Labute approximate surface area is 141 Å². The highest BCUT2D eigenvalue weighted by molar-refractivity contribution is 6.40. The van der Waals surface area contributed by atoms with Crippen LogP contribution in [0.2, 0.25) is 0 Å².